The van der Waals surface area contributed by atoms with Gasteiger partial charge < -0.3 is 9.30 Å². The van der Waals surface area contributed by atoms with E-state index in [1.165, 1.54) is 64.0 Å². The first-order chi connectivity index (χ1) is 15.5. The molecule has 3 aromatic rings. The van der Waals surface area contributed by atoms with E-state index in [-0.39, 0.29) is 5.82 Å². The largest absolute Gasteiger partial charge is 0.361 e. The summed E-state index contributed by atoms with van der Waals surface area (Å²) in [7, 11) is 0. The maximum absolute atomic E-state index is 14.3. The maximum atomic E-state index is 14.3. The van der Waals surface area contributed by atoms with Crippen LogP contribution in [0.15, 0.2) is 30.9 Å². The summed E-state index contributed by atoms with van der Waals surface area (Å²) < 4.78 is 22.1. The number of H-pyrrole nitrogens is 1. The Morgan fingerprint density at radius 2 is 1.66 bits per heavy atom. The van der Waals surface area contributed by atoms with Crippen LogP contribution in [0.1, 0.15) is 85.0 Å². The minimum atomic E-state index is -0.345. The van der Waals surface area contributed by atoms with Crippen molar-refractivity contribution in [1.29, 1.82) is 0 Å². The molecular weight excluding hydrogens is 403 g/mol. The van der Waals surface area contributed by atoms with Gasteiger partial charge in [0.1, 0.15) is 18.2 Å². The molecule has 0 radical (unpaired) electrons. The lowest BCUT2D eigenvalue weighted by Crippen LogP contribution is -2.04. The first kappa shape index (κ1) is 24.4. The van der Waals surface area contributed by atoms with Gasteiger partial charge in [0.05, 0.1) is 12.4 Å². The van der Waals surface area contributed by atoms with Crippen molar-refractivity contribution in [3.8, 4) is 11.1 Å². The van der Waals surface area contributed by atoms with Gasteiger partial charge >= 0.3 is 0 Å². The monoisotopic (exact) mass is 442 g/mol. The lowest BCUT2D eigenvalue weighted by molar-refractivity contribution is 0.0763. The number of fused-ring (bicyclic) bond motifs is 1. The van der Waals surface area contributed by atoms with Crippen LogP contribution in [0.25, 0.3) is 22.2 Å². The molecule has 3 rings (SSSR count). The highest BCUT2D eigenvalue weighted by atomic mass is 19.1. The van der Waals surface area contributed by atoms with Crippen LogP contribution >= 0.6 is 0 Å². The topological polar surface area (TPSA) is 55.7 Å². The third-order valence-electron chi connectivity index (χ3n) is 5.98. The quantitative estimate of drug-likeness (QED) is 0.263. The fourth-order valence-corrected chi connectivity index (χ4v) is 4.16. The molecule has 0 aliphatic heterocycles. The fraction of sp³-hybridized carbons (Fsp3) is 0.615. The molecule has 1 N–H and O–H groups in total. The minimum Gasteiger partial charge on any atom is -0.361 e. The molecule has 0 aromatic carbocycles. The maximum Gasteiger partial charge on any atom is 0.150 e. The third kappa shape index (κ3) is 7.44. The van der Waals surface area contributed by atoms with E-state index in [1.54, 1.807) is 12.4 Å². The molecule has 0 bridgehead atoms. The summed E-state index contributed by atoms with van der Waals surface area (Å²) in [6.07, 6.45) is 19.6. The van der Waals surface area contributed by atoms with Gasteiger partial charge in [0.25, 0.3) is 0 Å². The first-order valence-electron chi connectivity index (χ1n) is 12.2. The number of rotatable bonds is 14. The minimum absolute atomic E-state index is 0.345. The number of aromatic nitrogens is 4. The van der Waals surface area contributed by atoms with E-state index in [0.717, 1.165) is 29.6 Å². The van der Waals surface area contributed by atoms with Crippen LogP contribution in [0.4, 0.5) is 4.39 Å². The van der Waals surface area contributed by atoms with E-state index in [2.05, 4.69) is 36.0 Å². The second-order valence-corrected chi connectivity index (χ2v) is 10.0. The predicted octanol–water partition coefficient (Wildman–Crippen LogP) is 7.49. The third-order valence-corrected chi connectivity index (χ3v) is 5.98. The van der Waals surface area contributed by atoms with Gasteiger partial charge in [0.15, 0.2) is 0 Å². The first-order valence-corrected chi connectivity index (χ1v) is 12.2. The number of hydrogen-bond acceptors (Lipinski definition) is 3. The average Bonchev–Trinajstić information content (AvgIpc) is 3.41. The molecule has 0 spiro atoms. The van der Waals surface area contributed by atoms with Crippen LogP contribution < -0.4 is 0 Å². The van der Waals surface area contributed by atoms with Gasteiger partial charge in [-0.25, -0.2) is 9.37 Å². The van der Waals surface area contributed by atoms with Crippen LogP contribution in [0.3, 0.4) is 0 Å². The lowest BCUT2D eigenvalue weighted by Gasteiger charge is -2.17. The van der Waals surface area contributed by atoms with Crippen LogP contribution in [0.5, 0.6) is 0 Å². The molecule has 3 aromatic heterocycles. The highest BCUT2D eigenvalue weighted by Gasteiger charge is 2.14. The van der Waals surface area contributed by atoms with Gasteiger partial charge in [-0.2, -0.15) is 5.10 Å². The standard InChI is InChI=1S/C26H39FN4O/c1-26(2,3)14-11-9-7-5-4-6-8-10-12-16-32-20-31-15-13-22-24(21-17-29-30-18-21)23(27)19-28-25(22)31/h13,15,17-19H,4-12,14,16,20H2,1-3H3,(H,29,30). The molecule has 6 heteroatoms. The Balaban J connectivity index is 1.28. The second-order valence-electron chi connectivity index (χ2n) is 10.0. The predicted molar refractivity (Wildman–Crippen MR) is 129 cm³/mol. The number of pyridine rings is 1. The number of hydrogen-bond donors (Lipinski definition) is 1. The SMILES string of the molecule is CC(C)(C)CCCCCCCCCCCOCn1ccc2c(-c3cn[nH]c3)c(F)cnc21. The van der Waals surface area contributed by atoms with Crippen molar-refractivity contribution in [2.24, 2.45) is 5.41 Å². The normalized spacial score (nSPS) is 12.1. The zero-order valence-electron chi connectivity index (χ0n) is 20.0. The van der Waals surface area contributed by atoms with Crippen molar-refractivity contribution >= 4 is 11.0 Å². The van der Waals surface area contributed by atoms with Gasteiger partial charge in [-0.05, 0) is 24.3 Å². The number of unbranched alkanes of at least 4 members (excludes halogenated alkanes) is 8. The molecule has 5 nitrogen and oxygen atoms in total. The van der Waals surface area contributed by atoms with Gasteiger partial charge in [0, 0.05) is 35.5 Å². The molecule has 0 fully saturated rings. The summed E-state index contributed by atoms with van der Waals surface area (Å²) in [6.45, 7) is 8.15. The summed E-state index contributed by atoms with van der Waals surface area (Å²) in [5.74, 6) is -0.345. The summed E-state index contributed by atoms with van der Waals surface area (Å²) >= 11 is 0. The molecular formula is C26H39FN4O. The van der Waals surface area contributed by atoms with E-state index in [1.807, 2.05) is 16.8 Å². The Hall–Kier alpha value is -2.21. The van der Waals surface area contributed by atoms with Crippen LogP contribution in [0.2, 0.25) is 0 Å². The van der Waals surface area contributed by atoms with Crippen LogP contribution in [-0.4, -0.2) is 26.4 Å². The van der Waals surface area contributed by atoms with Crippen molar-refractivity contribution in [3.63, 3.8) is 0 Å². The smallest absolute Gasteiger partial charge is 0.150 e. The summed E-state index contributed by atoms with van der Waals surface area (Å²) in [4.78, 5) is 4.28. The highest BCUT2D eigenvalue weighted by Crippen LogP contribution is 2.30. The highest BCUT2D eigenvalue weighted by molar-refractivity contribution is 5.93. The number of nitrogens with zero attached hydrogens (tertiary/aromatic N) is 3. The number of halogens is 1. The van der Waals surface area contributed by atoms with Crippen molar-refractivity contribution in [3.05, 3.63) is 36.7 Å². The molecule has 3 heterocycles. The van der Waals surface area contributed by atoms with E-state index in [9.17, 15) is 4.39 Å². The van der Waals surface area contributed by atoms with Crippen molar-refractivity contribution in [2.75, 3.05) is 6.61 Å². The summed E-state index contributed by atoms with van der Waals surface area (Å²) in [6, 6.07) is 1.89. The Morgan fingerprint density at radius 3 is 2.31 bits per heavy atom. The molecule has 32 heavy (non-hydrogen) atoms. The van der Waals surface area contributed by atoms with Crippen LogP contribution in [-0.2, 0) is 11.5 Å². The van der Waals surface area contributed by atoms with Gasteiger partial charge in [-0.15, -0.1) is 0 Å². The second kappa shape index (κ2) is 12.1. The van der Waals surface area contributed by atoms with Crippen LogP contribution in [0, 0.1) is 11.2 Å². The van der Waals surface area contributed by atoms with Crippen molar-refractivity contribution in [1.82, 2.24) is 19.7 Å². The number of aromatic amines is 1. The van der Waals surface area contributed by atoms with E-state index < -0.39 is 0 Å². The van der Waals surface area contributed by atoms with Crippen molar-refractivity contribution in [2.45, 2.75) is 91.7 Å². The van der Waals surface area contributed by atoms with Gasteiger partial charge in [-0.3, -0.25) is 5.10 Å². The molecule has 0 saturated heterocycles. The van der Waals surface area contributed by atoms with E-state index in [0.29, 0.717) is 17.7 Å². The molecule has 0 aliphatic carbocycles. The molecule has 0 saturated carbocycles. The molecule has 0 amide bonds. The Labute approximate surface area is 191 Å². The van der Waals surface area contributed by atoms with E-state index >= 15 is 0 Å². The zero-order chi connectivity index (χ0) is 22.8. The summed E-state index contributed by atoms with van der Waals surface area (Å²) in [5, 5.41) is 7.44. The zero-order valence-corrected chi connectivity index (χ0v) is 20.0. The van der Waals surface area contributed by atoms with Crippen molar-refractivity contribution < 1.29 is 9.13 Å². The molecule has 0 unspecified atom stereocenters. The molecule has 176 valence electrons. The molecule has 0 atom stereocenters. The fourth-order valence-electron chi connectivity index (χ4n) is 4.16. The lowest BCUT2D eigenvalue weighted by atomic mass is 9.89. The number of ether oxygens (including phenoxy) is 1. The van der Waals surface area contributed by atoms with E-state index in [4.69, 9.17) is 4.74 Å². The van der Waals surface area contributed by atoms with Gasteiger partial charge in [0.2, 0.25) is 0 Å². The average molecular weight is 443 g/mol. The van der Waals surface area contributed by atoms with Gasteiger partial charge in [-0.1, -0.05) is 72.1 Å². The molecule has 0 aliphatic rings. The Morgan fingerprint density at radius 1 is 0.969 bits per heavy atom. The Bertz CT molecular complexity index is 927. The number of nitrogens with one attached hydrogen (secondary N) is 1. The summed E-state index contributed by atoms with van der Waals surface area (Å²) in [5.41, 5.74) is 2.45. The Kier molecular flexibility index (Phi) is 9.27.